The zero-order chi connectivity index (χ0) is 14.6. The minimum absolute atomic E-state index is 0.156. The fourth-order valence-corrected chi connectivity index (χ4v) is 3.36. The third-order valence-corrected chi connectivity index (χ3v) is 5.09. The van der Waals surface area contributed by atoms with Crippen molar-refractivity contribution in [2.24, 2.45) is 5.14 Å². The first-order valence-corrected chi connectivity index (χ1v) is 8.07. The monoisotopic (exact) mass is 308 g/mol. The Morgan fingerprint density at radius 3 is 2.85 bits per heavy atom. The van der Waals surface area contributed by atoms with Gasteiger partial charge in [0.05, 0.1) is 5.56 Å². The topological polar surface area (TPSA) is 109 Å². The molecule has 2 heterocycles. The molecule has 0 amide bonds. The molecule has 0 fully saturated rings. The number of rotatable bonds is 5. The zero-order valence-corrected chi connectivity index (χ0v) is 12.0. The number of sulfonamides is 1. The van der Waals surface area contributed by atoms with Crippen LogP contribution in [0.3, 0.4) is 0 Å². The number of thiophene rings is 1. The van der Waals surface area contributed by atoms with Gasteiger partial charge < -0.3 is 5.32 Å². The Balaban J connectivity index is 1.97. The largest absolute Gasteiger partial charge is 0.369 e. The van der Waals surface area contributed by atoms with Gasteiger partial charge in [-0.15, -0.1) is 11.3 Å². The van der Waals surface area contributed by atoms with E-state index in [-0.39, 0.29) is 4.21 Å². The van der Waals surface area contributed by atoms with Crippen LogP contribution in [0.4, 0.5) is 5.82 Å². The quantitative estimate of drug-likeness (QED) is 0.865. The van der Waals surface area contributed by atoms with Crippen LogP contribution in [0.5, 0.6) is 0 Å². The van der Waals surface area contributed by atoms with Crippen LogP contribution in [0.15, 0.2) is 34.7 Å². The summed E-state index contributed by atoms with van der Waals surface area (Å²) < 4.78 is 22.5. The molecule has 6 nitrogen and oxygen atoms in total. The van der Waals surface area contributed by atoms with E-state index in [4.69, 9.17) is 10.4 Å². The van der Waals surface area contributed by atoms with Crippen molar-refractivity contribution in [2.45, 2.75) is 10.6 Å². The lowest BCUT2D eigenvalue weighted by Crippen LogP contribution is -2.10. The summed E-state index contributed by atoms with van der Waals surface area (Å²) >= 11 is 1.15. The number of nitrogens with two attached hydrogens (primary N) is 1. The fourth-order valence-electron chi connectivity index (χ4n) is 1.59. The third kappa shape index (κ3) is 3.54. The molecule has 104 valence electrons. The van der Waals surface area contributed by atoms with Crippen molar-refractivity contribution < 1.29 is 8.42 Å². The predicted molar refractivity (Wildman–Crippen MR) is 76.8 cm³/mol. The summed E-state index contributed by atoms with van der Waals surface area (Å²) in [6.07, 6.45) is 2.23. The highest BCUT2D eigenvalue weighted by Gasteiger charge is 2.11. The van der Waals surface area contributed by atoms with E-state index < -0.39 is 10.0 Å². The van der Waals surface area contributed by atoms with Crippen LogP contribution in [0.25, 0.3) is 0 Å². The number of hydrogen-bond acceptors (Lipinski definition) is 6. The average Bonchev–Trinajstić information content (AvgIpc) is 2.88. The van der Waals surface area contributed by atoms with Crippen LogP contribution >= 0.6 is 11.3 Å². The van der Waals surface area contributed by atoms with Gasteiger partial charge in [0.1, 0.15) is 16.1 Å². The van der Waals surface area contributed by atoms with Crippen LogP contribution in [0.2, 0.25) is 0 Å². The van der Waals surface area contributed by atoms with Gasteiger partial charge in [-0.25, -0.2) is 18.5 Å². The van der Waals surface area contributed by atoms with Gasteiger partial charge in [-0.3, -0.25) is 0 Å². The van der Waals surface area contributed by atoms with E-state index >= 15 is 0 Å². The molecule has 2 rings (SSSR count). The molecule has 0 radical (unpaired) electrons. The number of nitrogens with zero attached hydrogens (tertiary/aromatic N) is 2. The number of nitriles is 1. The molecular formula is C12H12N4O2S2. The van der Waals surface area contributed by atoms with Gasteiger partial charge in [0, 0.05) is 17.6 Å². The zero-order valence-electron chi connectivity index (χ0n) is 10.4. The van der Waals surface area contributed by atoms with Crippen LogP contribution in [-0.4, -0.2) is 19.9 Å². The average molecular weight is 308 g/mol. The maximum atomic E-state index is 11.2. The van der Waals surface area contributed by atoms with Gasteiger partial charge in [-0.1, -0.05) is 0 Å². The van der Waals surface area contributed by atoms with Crippen LogP contribution in [0.1, 0.15) is 10.4 Å². The molecule has 0 unspecified atom stereocenters. The minimum atomic E-state index is -3.63. The van der Waals surface area contributed by atoms with Gasteiger partial charge in [-0.2, -0.15) is 5.26 Å². The van der Waals surface area contributed by atoms with Crippen molar-refractivity contribution >= 4 is 27.2 Å². The highest BCUT2D eigenvalue weighted by molar-refractivity contribution is 7.91. The molecular weight excluding hydrogens is 296 g/mol. The molecule has 0 aromatic carbocycles. The van der Waals surface area contributed by atoms with E-state index in [9.17, 15) is 8.42 Å². The number of primary sulfonamides is 1. The Morgan fingerprint density at radius 2 is 2.20 bits per heavy atom. The second-order valence-electron chi connectivity index (χ2n) is 3.95. The molecule has 0 aliphatic rings. The number of aromatic nitrogens is 1. The lowest BCUT2D eigenvalue weighted by atomic mass is 10.2. The van der Waals surface area contributed by atoms with E-state index in [2.05, 4.69) is 16.4 Å². The van der Waals surface area contributed by atoms with Crippen LogP contribution in [-0.2, 0) is 16.4 Å². The van der Waals surface area contributed by atoms with Crippen molar-refractivity contribution in [3.8, 4) is 6.07 Å². The predicted octanol–water partition coefficient (Wildman–Crippen LogP) is 1.32. The fraction of sp³-hybridized carbons (Fsp3) is 0.167. The second-order valence-corrected chi connectivity index (χ2v) is 6.91. The smallest absolute Gasteiger partial charge is 0.247 e. The van der Waals surface area contributed by atoms with Gasteiger partial charge in [0.25, 0.3) is 0 Å². The summed E-state index contributed by atoms with van der Waals surface area (Å²) in [7, 11) is -3.63. The van der Waals surface area contributed by atoms with Gasteiger partial charge in [-0.05, 0) is 30.7 Å². The molecule has 0 spiro atoms. The van der Waals surface area contributed by atoms with E-state index in [1.54, 1.807) is 24.4 Å². The molecule has 2 aromatic heterocycles. The molecule has 0 saturated heterocycles. The Kier molecular flexibility index (Phi) is 4.34. The minimum Gasteiger partial charge on any atom is -0.369 e. The summed E-state index contributed by atoms with van der Waals surface area (Å²) in [4.78, 5) is 4.98. The lowest BCUT2D eigenvalue weighted by molar-refractivity contribution is 0.600. The third-order valence-electron chi connectivity index (χ3n) is 2.51. The highest BCUT2D eigenvalue weighted by atomic mass is 32.2. The molecule has 0 saturated carbocycles. The van der Waals surface area contributed by atoms with Crippen molar-refractivity contribution in [3.63, 3.8) is 0 Å². The van der Waals surface area contributed by atoms with Crippen molar-refractivity contribution in [1.29, 1.82) is 5.26 Å². The van der Waals surface area contributed by atoms with E-state index in [1.165, 1.54) is 6.07 Å². The van der Waals surface area contributed by atoms with Gasteiger partial charge in [0.15, 0.2) is 0 Å². The summed E-state index contributed by atoms with van der Waals surface area (Å²) in [6.45, 7) is 0.552. The van der Waals surface area contributed by atoms with Crippen molar-refractivity contribution in [2.75, 3.05) is 11.9 Å². The van der Waals surface area contributed by atoms with E-state index in [1.807, 2.05) is 0 Å². The normalized spacial score (nSPS) is 11.0. The highest BCUT2D eigenvalue weighted by Crippen LogP contribution is 2.20. The summed E-state index contributed by atoms with van der Waals surface area (Å²) in [5.74, 6) is 0.526. The maximum absolute atomic E-state index is 11.2. The summed E-state index contributed by atoms with van der Waals surface area (Å²) in [6, 6.07) is 8.65. The Hall–Kier alpha value is -1.95. The number of anilines is 1. The Bertz CT molecular complexity index is 747. The van der Waals surface area contributed by atoms with Crippen LogP contribution in [0, 0.1) is 11.3 Å². The molecule has 0 aliphatic carbocycles. The van der Waals surface area contributed by atoms with E-state index in [0.717, 1.165) is 16.2 Å². The summed E-state index contributed by atoms with van der Waals surface area (Å²) in [5.41, 5.74) is 0.476. The number of hydrogen-bond donors (Lipinski definition) is 2. The summed E-state index contributed by atoms with van der Waals surface area (Å²) in [5, 5.41) is 17.0. The standard InChI is InChI=1S/C12H12N4O2S2/c13-8-9-2-1-6-15-12(9)16-7-5-10-3-4-11(19-10)20(14,17)18/h1-4,6H,5,7H2,(H,15,16)(H2,14,17,18). The van der Waals surface area contributed by atoms with Gasteiger partial charge in [0.2, 0.25) is 10.0 Å². The van der Waals surface area contributed by atoms with Crippen molar-refractivity contribution in [1.82, 2.24) is 4.98 Å². The SMILES string of the molecule is N#Cc1cccnc1NCCc1ccc(S(N)(=O)=O)s1. The van der Waals surface area contributed by atoms with Gasteiger partial charge >= 0.3 is 0 Å². The molecule has 2 aromatic rings. The maximum Gasteiger partial charge on any atom is 0.247 e. The molecule has 0 aliphatic heterocycles. The molecule has 0 bridgehead atoms. The number of nitrogens with one attached hydrogen (secondary N) is 1. The first kappa shape index (κ1) is 14.5. The number of pyridine rings is 1. The van der Waals surface area contributed by atoms with E-state index in [0.29, 0.717) is 24.3 Å². The lowest BCUT2D eigenvalue weighted by Gasteiger charge is -2.05. The molecule has 0 atom stereocenters. The second kappa shape index (κ2) is 6.00. The first-order valence-electron chi connectivity index (χ1n) is 5.71. The Labute approximate surface area is 120 Å². The van der Waals surface area contributed by atoms with Crippen LogP contribution < -0.4 is 10.5 Å². The first-order chi connectivity index (χ1) is 9.50. The molecule has 20 heavy (non-hydrogen) atoms. The molecule has 8 heteroatoms. The molecule has 3 N–H and O–H groups in total. The van der Waals surface area contributed by atoms with Crippen molar-refractivity contribution in [3.05, 3.63) is 40.9 Å². The Morgan fingerprint density at radius 1 is 1.40 bits per heavy atom.